The number of aromatic nitrogens is 2. The van der Waals surface area contributed by atoms with Gasteiger partial charge in [-0.3, -0.25) is 4.79 Å². The molecular formula is C20H25N3O3. The van der Waals surface area contributed by atoms with E-state index in [4.69, 9.17) is 9.47 Å². The number of rotatable bonds is 3. The quantitative estimate of drug-likeness (QED) is 0.849. The van der Waals surface area contributed by atoms with E-state index in [1.165, 1.54) is 0 Å². The fraction of sp³-hybridized carbons (Fsp3) is 0.500. The second kappa shape index (κ2) is 7.21. The molecule has 2 aliphatic heterocycles. The van der Waals surface area contributed by atoms with Crippen LogP contribution in [-0.2, 0) is 9.47 Å². The van der Waals surface area contributed by atoms with Gasteiger partial charge in [0.1, 0.15) is 5.82 Å². The second-order valence-corrected chi connectivity index (χ2v) is 7.07. The van der Waals surface area contributed by atoms with E-state index in [0.29, 0.717) is 19.8 Å². The summed E-state index contributed by atoms with van der Waals surface area (Å²) < 4.78 is 13.4. The number of likely N-dealkylation sites (tertiary alicyclic amines) is 1. The third-order valence-electron chi connectivity index (χ3n) is 5.32. The van der Waals surface area contributed by atoms with Crippen LogP contribution in [0.5, 0.6) is 0 Å². The number of aryl methyl sites for hydroxylation is 1. The largest absolute Gasteiger partial charge is 0.350 e. The lowest BCUT2D eigenvalue weighted by Gasteiger charge is -2.34. The van der Waals surface area contributed by atoms with Crippen molar-refractivity contribution in [3.05, 3.63) is 47.4 Å². The second-order valence-electron chi connectivity index (χ2n) is 7.07. The minimum Gasteiger partial charge on any atom is -0.350 e. The van der Waals surface area contributed by atoms with Crippen LogP contribution in [0.25, 0.3) is 5.82 Å². The van der Waals surface area contributed by atoms with E-state index in [1.807, 2.05) is 47.6 Å². The maximum atomic E-state index is 13.2. The van der Waals surface area contributed by atoms with Gasteiger partial charge in [-0.25, -0.2) is 4.98 Å². The van der Waals surface area contributed by atoms with Crippen molar-refractivity contribution < 1.29 is 14.3 Å². The zero-order valence-electron chi connectivity index (χ0n) is 15.4. The highest BCUT2D eigenvalue weighted by Crippen LogP contribution is 2.27. The number of carbonyl (C=O) groups excluding carboxylic acids is 1. The molecule has 2 saturated heterocycles. The number of piperidine rings is 1. The van der Waals surface area contributed by atoms with Gasteiger partial charge in [-0.05, 0) is 44.9 Å². The van der Waals surface area contributed by atoms with Crippen LogP contribution in [0.1, 0.15) is 34.6 Å². The van der Waals surface area contributed by atoms with Crippen LogP contribution in [0.4, 0.5) is 0 Å². The molecule has 6 nitrogen and oxygen atoms in total. The fourth-order valence-corrected chi connectivity index (χ4v) is 4.05. The summed E-state index contributed by atoms with van der Waals surface area (Å²) in [5.41, 5.74) is 2.70. The number of amides is 1. The third-order valence-corrected chi connectivity index (χ3v) is 5.32. The highest BCUT2D eigenvalue weighted by atomic mass is 16.7. The van der Waals surface area contributed by atoms with Crippen LogP contribution >= 0.6 is 0 Å². The lowest BCUT2D eigenvalue weighted by molar-refractivity contribution is -0.0969. The summed E-state index contributed by atoms with van der Waals surface area (Å²) in [5, 5.41) is 0. The summed E-state index contributed by atoms with van der Waals surface area (Å²) in [7, 11) is 0. The molecule has 0 N–H and O–H groups in total. The molecule has 2 aromatic rings. The van der Waals surface area contributed by atoms with Crippen LogP contribution in [0, 0.1) is 19.8 Å². The van der Waals surface area contributed by atoms with Crippen molar-refractivity contribution in [3.8, 4) is 5.82 Å². The van der Waals surface area contributed by atoms with Crippen LogP contribution in [-0.4, -0.2) is 53.0 Å². The van der Waals surface area contributed by atoms with Crippen molar-refractivity contribution in [1.82, 2.24) is 14.5 Å². The smallest absolute Gasteiger partial charge is 0.255 e. The van der Waals surface area contributed by atoms with E-state index in [9.17, 15) is 4.79 Å². The molecule has 138 valence electrons. The van der Waals surface area contributed by atoms with Crippen LogP contribution in [0.15, 0.2) is 30.5 Å². The van der Waals surface area contributed by atoms with Gasteiger partial charge in [0.25, 0.3) is 5.91 Å². The van der Waals surface area contributed by atoms with Gasteiger partial charge >= 0.3 is 0 Å². The normalized spacial score (nSPS) is 21.3. The molecule has 4 heterocycles. The minimum absolute atomic E-state index is 0.0861. The number of pyridine rings is 1. The first-order valence-corrected chi connectivity index (χ1v) is 9.28. The Balaban J connectivity index is 1.56. The maximum Gasteiger partial charge on any atom is 0.255 e. The van der Waals surface area contributed by atoms with Gasteiger partial charge in [-0.2, -0.15) is 0 Å². The van der Waals surface area contributed by atoms with E-state index in [0.717, 1.165) is 42.2 Å². The zero-order valence-corrected chi connectivity index (χ0v) is 15.4. The van der Waals surface area contributed by atoms with Crippen molar-refractivity contribution in [2.45, 2.75) is 33.0 Å². The first kappa shape index (κ1) is 17.2. The summed E-state index contributed by atoms with van der Waals surface area (Å²) in [6.45, 7) is 6.78. The van der Waals surface area contributed by atoms with Crippen LogP contribution in [0.3, 0.4) is 0 Å². The Morgan fingerprint density at radius 3 is 2.77 bits per heavy atom. The number of carbonyl (C=O) groups is 1. The molecule has 6 heteroatoms. The van der Waals surface area contributed by atoms with Crippen LogP contribution in [0.2, 0.25) is 0 Å². The molecule has 0 aromatic carbocycles. The van der Waals surface area contributed by atoms with Crippen molar-refractivity contribution in [1.29, 1.82) is 0 Å². The Morgan fingerprint density at radius 2 is 2.04 bits per heavy atom. The summed E-state index contributed by atoms with van der Waals surface area (Å²) >= 11 is 0. The first-order chi connectivity index (χ1) is 12.6. The SMILES string of the molecule is Cc1cc(C(=O)N2CCCC(C3OCCO3)C2)c(C)n1-c1ccccn1. The van der Waals surface area contributed by atoms with Crippen molar-refractivity contribution in [2.75, 3.05) is 26.3 Å². The zero-order chi connectivity index (χ0) is 18.1. The molecule has 26 heavy (non-hydrogen) atoms. The Kier molecular flexibility index (Phi) is 4.78. The topological polar surface area (TPSA) is 56.6 Å². The molecule has 2 fully saturated rings. The molecule has 1 atom stereocenters. The summed E-state index contributed by atoms with van der Waals surface area (Å²) in [6.07, 6.45) is 3.64. The van der Waals surface area contributed by atoms with Gasteiger partial charge in [0.15, 0.2) is 6.29 Å². The Labute approximate surface area is 153 Å². The molecule has 0 bridgehead atoms. The van der Waals surface area contributed by atoms with Crippen LogP contribution < -0.4 is 0 Å². The van der Waals surface area contributed by atoms with Crippen molar-refractivity contribution in [2.24, 2.45) is 5.92 Å². The fourth-order valence-electron chi connectivity index (χ4n) is 4.05. The highest BCUT2D eigenvalue weighted by molar-refractivity contribution is 5.96. The van der Waals surface area contributed by atoms with E-state index < -0.39 is 0 Å². The predicted octanol–water partition coefficient (Wildman–Crippen LogP) is 2.71. The standard InChI is InChI=1S/C20H25N3O3/c1-14-12-17(15(2)23(14)18-7-3-4-8-21-18)19(24)22-9-5-6-16(13-22)20-25-10-11-26-20/h3-4,7-8,12,16,20H,5-6,9-11,13H2,1-2H3. The number of hydrogen-bond acceptors (Lipinski definition) is 4. The number of ether oxygens (including phenoxy) is 2. The molecule has 2 aliphatic rings. The van der Waals surface area contributed by atoms with Gasteiger partial charge in [0, 0.05) is 36.6 Å². The monoisotopic (exact) mass is 355 g/mol. The molecule has 4 rings (SSSR count). The van der Waals surface area contributed by atoms with Crippen molar-refractivity contribution >= 4 is 5.91 Å². The molecule has 0 spiro atoms. The average Bonchev–Trinajstić information content (AvgIpc) is 3.30. The van der Waals surface area contributed by atoms with Gasteiger partial charge in [-0.15, -0.1) is 0 Å². The van der Waals surface area contributed by atoms with Gasteiger partial charge in [-0.1, -0.05) is 6.07 Å². The van der Waals surface area contributed by atoms with Crippen molar-refractivity contribution in [3.63, 3.8) is 0 Å². The Bertz CT molecular complexity index is 781. The Morgan fingerprint density at radius 1 is 1.23 bits per heavy atom. The molecule has 2 aromatic heterocycles. The molecule has 1 unspecified atom stereocenters. The van der Waals surface area contributed by atoms with E-state index in [2.05, 4.69) is 4.98 Å². The molecular weight excluding hydrogens is 330 g/mol. The third kappa shape index (κ3) is 3.15. The van der Waals surface area contributed by atoms with E-state index in [1.54, 1.807) is 6.20 Å². The highest BCUT2D eigenvalue weighted by Gasteiger charge is 2.33. The Hall–Kier alpha value is -2.18. The first-order valence-electron chi connectivity index (χ1n) is 9.28. The number of hydrogen-bond donors (Lipinski definition) is 0. The van der Waals surface area contributed by atoms with E-state index >= 15 is 0 Å². The lowest BCUT2D eigenvalue weighted by Crippen LogP contribution is -2.44. The van der Waals surface area contributed by atoms with Gasteiger partial charge in [0.2, 0.25) is 0 Å². The maximum absolute atomic E-state index is 13.2. The predicted molar refractivity (Wildman–Crippen MR) is 97.4 cm³/mol. The average molecular weight is 355 g/mol. The van der Waals surface area contributed by atoms with Gasteiger partial charge < -0.3 is 18.9 Å². The summed E-state index contributed by atoms with van der Waals surface area (Å²) in [4.78, 5) is 19.6. The summed E-state index contributed by atoms with van der Waals surface area (Å²) in [6, 6.07) is 7.78. The number of nitrogens with zero attached hydrogens (tertiary/aromatic N) is 3. The molecule has 0 saturated carbocycles. The molecule has 0 aliphatic carbocycles. The minimum atomic E-state index is -0.161. The summed E-state index contributed by atoms with van der Waals surface area (Å²) in [5.74, 6) is 1.18. The molecule has 0 radical (unpaired) electrons. The lowest BCUT2D eigenvalue weighted by atomic mass is 9.96. The van der Waals surface area contributed by atoms with E-state index in [-0.39, 0.29) is 18.1 Å². The van der Waals surface area contributed by atoms with Gasteiger partial charge in [0.05, 0.1) is 18.8 Å². The molecule has 1 amide bonds.